The lowest BCUT2D eigenvalue weighted by molar-refractivity contribution is 0.0767. The van der Waals surface area contributed by atoms with Crippen LogP contribution in [-0.4, -0.2) is 43.6 Å². The van der Waals surface area contributed by atoms with Crippen LogP contribution < -0.4 is 9.64 Å². The van der Waals surface area contributed by atoms with E-state index >= 15 is 0 Å². The maximum atomic E-state index is 12.9. The molecule has 0 unspecified atom stereocenters. The molecule has 1 saturated heterocycles. The van der Waals surface area contributed by atoms with Crippen molar-refractivity contribution in [2.45, 2.75) is 12.8 Å². The first-order valence-electron chi connectivity index (χ1n) is 9.05. The summed E-state index contributed by atoms with van der Waals surface area (Å²) in [6.45, 7) is 3.67. The molecule has 2 heterocycles. The van der Waals surface area contributed by atoms with Gasteiger partial charge in [-0.25, -0.2) is 0 Å². The first-order valence-corrected chi connectivity index (χ1v) is 9.05. The summed E-state index contributed by atoms with van der Waals surface area (Å²) in [6, 6.07) is 15.7. The molecule has 0 N–H and O–H groups in total. The van der Waals surface area contributed by atoms with Crippen LogP contribution in [0.5, 0.6) is 5.75 Å². The molecule has 1 fully saturated rings. The van der Waals surface area contributed by atoms with E-state index in [4.69, 9.17) is 4.74 Å². The highest BCUT2D eigenvalue weighted by atomic mass is 16.5. The molecule has 2 aromatic carbocycles. The van der Waals surface area contributed by atoms with Gasteiger partial charge in [0, 0.05) is 38.2 Å². The minimum atomic E-state index is 0.0788. The second kappa shape index (κ2) is 7.09. The van der Waals surface area contributed by atoms with Gasteiger partial charge in [-0.2, -0.15) is 5.26 Å². The molecule has 1 amide bonds. The number of para-hydroxylation sites is 1. The summed E-state index contributed by atoms with van der Waals surface area (Å²) < 4.78 is 5.53. The SMILES string of the molecule is N#Cc1ccccc1N1CCCN(C(=O)c2ccc3c(c2)CCO3)CC1. The Balaban J connectivity index is 1.48. The standard InChI is InChI=1S/C21H21N3O2/c22-15-18-4-1-2-5-19(18)23-9-3-10-24(12-11-23)21(25)17-6-7-20-16(14-17)8-13-26-20/h1-2,4-7,14H,3,8-13H2. The number of benzene rings is 2. The van der Waals surface area contributed by atoms with Crippen LogP contribution >= 0.6 is 0 Å². The van der Waals surface area contributed by atoms with Gasteiger partial charge in [-0.05, 0) is 42.3 Å². The number of hydrogen-bond donors (Lipinski definition) is 0. The third-order valence-corrected chi connectivity index (χ3v) is 5.08. The summed E-state index contributed by atoms with van der Waals surface area (Å²) in [5.41, 5.74) is 3.50. The highest BCUT2D eigenvalue weighted by molar-refractivity contribution is 5.94. The summed E-state index contributed by atoms with van der Waals surface area (Å²) in [7, 11) is 0. The Hall–Kier alpha value is -3.00. The normalized spacial score (nSPS) is 16.4. The van der Waals surface area contributed by atoms with Crippen LogP contribution in [0.3, 0.4) is 0 Å². The van der Waals surface area contributed by atoms with E-state index in [2.05, 4.69) is 11.0 Å². The van der Waals surface area contributed by atoms with Gasteiger partial charge in [-0.15, -0.1) is 0 Å². The quantitative estimate of drug-likeness (QED) is 0.838. The first-order chi connectivity index (χ1) is 12.8. The summed E-state index contributed by atoms with van der Waals surface area (Å²) in [5.74, 6) is 0.979. The number of carbonyl (C=O) groups excluding carboxylic acids is 1. The predicted molar refractivity (Wildman–Crippen MR) is 99.5 cm³/mol. The van der Waals surface area contributed by atoms with Gasteiger partial charge in [-0.1, -0.05) is 12.1 Å². The molecule has 0 aromatic heterocycles. The van der Waals surface area contributed by atoms with Gasteiger partial charge in [-0.3, -0.25) is 4.79 Å². The van der Waals surface area contributed by atoms with Crippen LogP contribution in [0.4, 0.5) is 5.69 Å². The summed E-state index contributed by atoms with van der Waals surface area (Å²) in [4.78, 5) is 17.1. The molecule has 5 nitrogen and oxygen atoms in total. The number of fused-ring (bicyclic) bond motifs is 1. The van der Waals surface area contributed by atoms with Gasteiger partial charge < -0.3 is 14.5 Å². The van der Waals surface area contributed by atoms with Crippen molar-refractivity contribution in [1.82, 2.24) is 4.90 Å². The Morgan fingerprint density at radius 1 is 1.08 bits per heavy atom. The van der Waals surface area contributed by atoms with Crippen molar-refractivity contribution in [3.8, 4) is 11.8 Å². The summed E-state index contributed by atoms with van der Waals surface area (Å²) in [6.07, 6.45) is 1.76. The lowest BCUT2D eigenvalue weighted by Crippen LogP contribution is -2.35. The molecule has 5 heteroatoms. The molecule has 2 aromatic rings. The molecule has 0 bridgehead atoms. The number of hydrogen-bond acceptors (Lipinski definition) is 4. The fraction of sp³-hybridized carbons (Fsp3) is 0.333. The van der Waals surface area contributed by atoms with Crippen molar-refractivity contribution in [3.05, 3.63) is 59.2 Å². The largest absolute Gasteiger partial charge is 0.493 e. The number of ether oxygens (including phenoxy) is 1. The van der Waals surface area contributed by atoms with Crippen molar-refractivity contribution in [3.63, 3.8) is 0 Å². The molecule has 0 aliphatic carbocycles. The van der Waals surface area contributed by atoms with E-state index in [-0.39, 0.29) is 5.91 Å². The fourth-order valence-corrected chi connectivity index (χ4v) is 3.71. The average molecular weight is 347 g/mol. The molecule has 0 atom stereocenters. The maximum absolute atomic E-state index is 12.9. The van der Waals surface area contributed by atoms with Crippen LogP contribution in [0.2, 0.25) is 0 Å². The highest BCUT2D eigenvalue weighted by Crippen LogP contribution is 2.27. The van der Waals surface area contributed by atoms with Crippen LogP contribution in [-0.2, 0) is 6.42 Å². The van der Waals surface area contributed by atoms with Gasteiger partial charge in [0.05, 0.1) is 17.9 Å². The average Bonchev–Trinajstić information content (AvgIpc) is 3.02. The Morgan fingerprint density at radius 3 is 2.85 bits per heavy atom. The van der Waals surface area contributed by atoms with Crippen molar-refractivity contribution >= 4 is 11.6 Å². The van der Waals surface area contributed by atoms with Crippen molar-refractivity contribution in [2.75, 3.05) is 37.7 Å². The van der Waals surface area contributed by atoms with E-state index in [0.29, 0.717) is 18.7 Å². The van der Waals surface area contributed by atoms with E-state index in [1.54, 1.807) is 0 Å². The van der Waals surface area contributed by atoms with Gasteiger partial charge in [0.25, 0.3) is 5.91 Å². The molecule has 0 saturated carbocycles. The summed E-state index contributed by atoms with van der Waals surface area (Å²) in [5, 5.41) is 9.33. The Labute approximate surface area is 153 Å². The predicted octanol–water partition coefficient (Wildman–Crippen LogP) is 2.85. The second-order valence-electron chi connectivity index (χ2n) is 6.68. The maximum Gasteiger partial charge on any atom is 0.253 e. The monoisotopic (exact) mass is 347 g/mol. The number of amides is 1. The van der Waals surface area contributed by atoms with Crippen LogP contribution in [0.15, 0.2) is 42.5 Å². The molecule has 26 heavy (non-hydrogen) atoms. The Kier molecular flexibility index (Phi) is 4.49. The summed E-state index contributed by atoms with van der Waals surface area (Å²) >= 11 is 0. The molecular formula is C21H21N3O2. The Bertz CT molecular complexity index is 872. The van der Waals surface area contributed by atoms with E-state index in [1.807, 2.05) is 47.4 Å². The minimum Gasteiger partial charge on any atom is -0.493 e. The van der Waals surface area contributed by atoms with Crippen LogP contribution in [0.25, 0.3) is 0 Å². The molecular weight excluding hydrogens is 326 g/mol. The topological polar surface area (TPSA) is 56.6 Å². The van der Waals surface area contributed by atoms with Gasteiger partial charge in [0.15, 0.2) is 0 Å². The van der Waals surface area contributed by atoms with Crippen molar-refractivity contribution in [1.29, 1.82) is 5.26 Å². The smallest absolute Gasteiger partial charge is 0.253 e. The number of nitriles is 1. The van der Waals surface area contributed by atoms with E-state index in [1.165, 1.54) is 0 Å². The lowest BCUT2D eigenvalue weighted by Gasteiger charge is -2.24. The number of carbonyl (C=O) groups is 1. The third-order valence-electron chi connectivity index (χ3n) is 5.08. The number of anilines is 1. The number of rotatable bonds is 2. The minimum absolute atomic E-state index is 0.0788. The number of nitrogens with zero attached hydrogens (tertiary/aromatic N) is 3. The van der Waals surface area contributed by atoms with Crippen LogP contribution in [0.1, 0.15) is 27.9 Å². The lowest BCUT2D eigenvalue weighted by atomic mass is 10.1. The third kappa shape index (κ3) is 3.11. The molecule has 0 radical (unpaired) electrons. The van der Waals surface area contributed by atoms with Gasteiger partial charge in [0.2, 0.25) is 0 Å². The van der Waals surface area contributed by atoms with Crippen molar-refractivity contribution in [2.24, 2.45) is 0 Å². The zero-order chi connectivity index (χ0) is 17.9. The van der Waals surface area contributed by atoms with Gasteiger partial charge >= 0.3 is 0 Å². The molecule has 2 aliphatic heterocycles. The zero-order valence-corrected chi connectivity index (χ0v) is 14.6. The first kappa shape index (κ1) is 16.5. The van der Waals surface area contributed by atoms with Crippen LogP contribution in [0, 0.1) is 11.3 Å². The molecule has 0 spiro atoms. The molecule has 132 valence electrons. The van der Waals surface area contributed by atoms with E-state index < -0.39 is 0 Å². The van der Waals surface area contributed by atoms with Gasteiger partial charge in [0.1, 0.15) is 11.8 Å². The fourth-order valence-electron chi connectivity index (χ4n) is 3.71. The van der Waals surface area contributed by atoms with E-state index in [9.17, 15) is 10.1 Å². The van der Waals surface area contributed by atoms with Crippen molar-refractivity contribution < 1.29 is 9.53 Å². The Morgan fingerprint density at radius 2 is 1.96 bits per heavy atom. The highest BCUT2D eigenvalue weighted by Gasteiger charge is 2.23. The van der Waals surface area contributed by atoms with E-state index in [0.717, 1.165) is 55.0 Å². The second-order valence-corrected chi connectivity index (χ2v) is 6.68. The molecule has 2 aliphatic rings. The molecule has 4 rings (SSSR count). The zero-order valence-electron chi connectivity index (χ0n) is 14.6.